The van der Waals surface area contributed by atoms with E-state index >= 15 is 0 Å². The van der Waals surface area contributed by atoms with E-state index in [4.69, 9.17) is 5.26 Å². The minimum atomic E-state index is -0.354. The Morgan fingerprint density at radius 1 is 1.31 bits per heavy atom. The van der Waals surface area contributed by atoms with Crippen LogP contribution >= 0.6 is 23.1 Å². The van der Waals surface area contributed by atoms with Gasteiger partial charge in [-0.05, 0) is 49.4 Å². The van der Waals surface area contributed by atoms with Crippen molar-refractivity contribution in [3.63, 3.8) is 0 Å². The quantitative estimate of drug-likeness (QED) is 0.634. The summed E-state index contributed by atoms with van der Waals surface area (Å²) in [6.07, 6.45) is 0. The van der Waals surface area contributed by atoms with Crippen molar-refractivity contribution in [1.29, 1.82) is 5.26 Å². The minimum Gasteiger partial charge on any atom is -0.325 e. The monoisotopic (exact) mass is 383 g/mol. The van der Waals surface area contributed by atoms with Crippen molar-refractivity contribution in [2.75, 3.05) is 5.32 Å². The molecule has 0 aliphatic carbocycles. The number of rotatable bonds is 5. The van der Waals surface area contributed by atoms with Crippen molar-refractivity contribution in [1.82, 2.24) is 4.98 Å². The number of carbonyl (C=O) groups excluding carboxylic acids is 1. The third-order valence-electron chi connectivity index (χ3n) is 3.53. The van der Waals surface area contributed by atoms with E-state index in [1.54, 1.807) is 43.3 Å². The van der Waals surface area contributed by atoms with Crippen LogP contribution < -0.4 is 5.32 Å². The van der Waals surface area contributed by atoms with Gasteiger partial charge in [0.1, 0.15) is 5.82 Å². The summed E-state index contributed by atoms with van der Waals surface area (Å²) in [5.41, 5.74) is 2.67. The number of benzene rings is 2. The van der Waals surface area contributed by atoms with E-state index in [-0.39, 0.29) is 17.0 Å². The van der Waals surface area contributed by atoms with Crippen LogP contribution in [0.25, 0.3) is 11.3 Å². The molecule has 26 heavy (non-hydrogen) atoms. The molecule has 1 N–H and O–H groups in total. The van der Waals surface area contributed by atoms with Crippen LogP contribution in [0, 0.1) is 17.1 Å². The maximum Gasteiger partial charge on any atom is 0.237 e. The highest BCUT2D eigenvalue weighted by Crippen LogP contribution is 2.31. The van der Waals surface area contributed by atoms with Crippen molar-refractivity contribution < 1.29 is 9.18 Å². The fraction of sp³-hybridized carbons (Fsp3) is 0.105. The van der Waals surface area contributed by atoms with E-state index in [1.807, 2.05) is 11.4 Å². The molecule has 0 aliphatic heterocycles. The molecule has 2 aromatic carbocycles. The van der Waals surface area contributed by atoms with Gasteiger partial charge >= 0.3 is 0 Å². The number of thiazole rings is 1. The molecule has 1 amide bonds. The number of thioether (sulfide) groups is 1. The highest BCUT2D eigenvalue weighted by molar-refractivity contribution is 8.02. The van der Waals surface area contributed by atoms with Crippen LogP contribution in [-0.2, 0) is 4.79 Å². The predicted molar refractivity (Wildman–Crippen MR) is 103 cm³/mol. The van der Waals surface area contributed by atoms with Gasteiger partial charge in [-0.2, -0.15) is 5.26 Å². The van der Waals surface area contributed by atoms with Gasteiger partial charge in [0.15, 0.2) is 4.34 Å². The molecule has 1 unspecified atom stereocenters. The third kappa shape index (κ3) is 4.48. The molecule has 0 bridgehead atoms. The highest BCUT2D eigenvalue weighted by Gasteiger charge is 2.17. The summed E-state index contributed by atoms with van der Waals surface area (Å²) in [4.78, 5) is 16.9. The first-order valence-corrected chi connectivity index (χ1v) is 9.50. The van der Waals surface area contributed by atoms with Gasteiger partial charge in [-0.25, -0.2) is 9.37 Å². The van der Waals surface area contributed by atoms with Gasteiger partial charge < -0.3 is 5.32 Å². The van der Waals surface area contributed by atoms with Crippen LogP contribution in [0.3, 0.4) is 0 Å². The number of halogens is 1. The van der Waals surface area contributed by atoms with Gasteiger partial charge in [0.05, 0.1) is 22.6 Å². The van der Waals surface area contributed by atoms with E-state index in [0.717, 1.165) is 15.6 Å². The molecule has 1 aromatic heterocycles. The van der Waals surface area contributed by atoms with E-state index in [0.29, 0.717) is 11.3 Å². The molecule has 0 aliphatic rings. The zero-order chi connectivity index (χ0) is 18.5. The van der Waals surface area contributed by atoms with E-state index in [9.17, 15) is 9.18 Å². The smallest absolute Gasteiger partial charge is 0.237 e. The van der Waals surface area contributed by atoms with Crippen molar-refractivity contribution in [2.45, 2.75) is 16.5 Å². The molecule has 7 heteroatoms. The standard InChI is InChI=1S/C19H14FN3OS2/c1-12(18(24)22-16-4-2-3-13(9-16)10-21)26-19-23-17(11-25-19)14-5-7-15(20)8-6-14/h2-9,11-12H,1H3,(H,22,24). The zero-order valence-corrected chi connectivity index (χ0v) is 15.4. The number of hydrogen-bond donors (Lipinski definition) is 1. The molecule has 0 radical (unpaired) electrons. The lowest BCUT2D eigenvalue weighted by atomic mass is 10.2. The lowest BCUT2D eigenvalue weighted by Crippen LogP contribution is -2.22. The Bertz CT molecular complexity index is 963. The van der Waals surface area contributed by atoms with Gasteiger partial charge in [-0.1, -0.05) is 17.8 Å². The molecular formula is C19H14FN3OS2. The molecule has 3 rings (SSSR count). The van der Waals surface area contributed by atoms with Crippen molar-refractivity contribution >= 4 is 34.7 Å². The SMILES string of the molecule is CC(Sc1nc(-c2ccc(F)cc2)cs1)C(=O)Nc1cccc(C#N)c1. The van der Waals surface area contributed by atoms with Crippen molar-refractivity contribution in [3.8, 4) is 17.3 Å². The number of nitrogens with zero attached hydrogens (tertiary/aromatic N) is 2. The number of aromatic nitrogens is 1. The second-order valence-electron chi connectivity index (χ2n) is 5.45. The van der Waals surface area contributed by atoms with Crippen LogP contribution in [0.2, 0.25) is 0 Å². The minimum absolute atomic E-state index is 0.163. The lowest BCUT2D eigenvalue weighted by Gasteiger charge is -2.10. The molecule has 1 heterocycles. The van der Waals surface area contributed by atoms with Crippen LogP contribution in [0.5, 0.6) is 0 Å². The predicted octanol–water partition coefficient (Wildman–Crippen LogP) is 4.94. The normalized spacial score (nSPS) is 11.6. The van der Waals surface area contributed by atoms with Gasteiger partial charge in [-0.15, -0.1) is 11.3 Å². The van der Waals surface area contributed by atoms with Gasteiger partial charge in [-0.3, -0.25) is 4.79 Å². The van der Waals surface area contributed by atoms with E-state index in [2.05, 4.69) is 10.3 Å². The first kappa shape index (κ1) is 18.1. The summed E-state index contributed by atoms with van der Waals surface area (Å²) in [5, 5.41) is 13.3. The first-order valence-electron chi connectivity index (χ1n) is 7.74. The summed E-state index contributed by atoms with van der Waals surface area (Å²) in [7, 11) is 0. The maximum absolute atomic E-state index is 13.0. The molecule has 0 saturated carbocycles. The molecule has 1 atom stereocenters. The first-order chi connectivity index (χ1) is 12.5. The second kappa shape index (κ2) is 8.13. The van der Waals surface area contributed by atoms with E-state index in [1.165, 1.54) is 35.2 Å². The molecule has 3 aromatic rings. The van der Waals surface area contributed by atoms with Crippen LogP contribution in [0.1, 0.15) is 12.5 Å². The third-order valence-corrected chi connectivity index (χ3v) is 5.60. The summed E-state index contributed by atoms with van der Waals surface area (Å²) < 4.78 is 13.8. The Kier molecular flexibility index (Phi) is 5.66. The number of hydrogen-bond acceptors (Lipinski definition) is 5. The fourth-order valence-electron chi connectivity index (χ4n) is 2.18. The Labute approximate surface area is 158 Å². The number of anilines is 1. The average Bonchev–Trinajstić information content (AvgIpc) is 3.11. The number of amides is 1. The number of nitrogens with one attached hydrogen (secondary N) is 1. The molecular weight excluding hydrogens is 369 g/mol. The van der Waals surface area contributed by atoms with Crippen LogP contribution in [0.15, 0.2) is 58.3 Å². The van der Waals surface area contributed by atoms with E-state index < -0.39 is 0 Å². The van der Waals surface area contributed by atoms with Gasteiger partial charge in [0.2, 0.25) is 5.91 Å². The largest absolute Gasteiger partial charge is 0.325 e. The summed E-state index contributed by atoms with van der Waals surface area (Å²) in [6, 6.07) is 15.0. The summed E-state index contributed by atoms with van der Waals surface area (Å²) in [5.74, 6) is -0.451. The lowest BCUT2D eigenvalue weighted by molar-refractivity contribution is -0.115. The zero-order valence-electron chi connectivity index (χ0n) is 13.8. The topological polar surface area (TPSA) is 65.8 Å². The molecule has 0 spiro atoms. The van der Waals surface area contributed by atoms with Crippen molar-refractivity contribution in [2.24, 2.45) is 0 Å². The Morgan fingerprint density at radius 3 is 2.81 bits per heavy atom. The maximum atomic E-state index is 13.0. The Hall–Kier alpha value is -2.69. The summed E-state index contributed by atoms with van der Waals surface area (Å²) in [6.45, 7) is 1.80. The molecule has 0 fully saturated rings. The Balaban J connectivity index is 1.64. The molecule has 0 saturated heterocycles. The number of carbonyl (C=O) groups is 1. The highest BCUT2D eigenvalue weighted by atomic mass is 32.2. The van der Waals surface area contributed by atoms with Crippen molar-refractivity contribution in [3.05, 3.63) is 65.3 Å². The van der Waals surface area contributed by atoms with Gasteiger partial charge in [0.25, 0.3) is 0 Å². The number of nitriles is 1. The molecule has 130 valence electrons. The molecule has 4 nitrogen and oxygen atoms in total. The van der Waals surface area contributed by atoms with Crippen LogP contribution in [-0.4, -0.2) is 16.1 Å². The average molecular weight is 383 g/mol. The Morgan fingerprint density at radius 2 is 2.08 bits per heavy atom. The second-order valence-corrected chi connectivity index (χ2v) is 7.89. The van der Waals surface area contributed by atoms with Gasteiger partial charge in [0, 0.05) is 16.6 Å². The van der Waals surface area contributed by atoms with Crippen LogP contribution in [0.4, 0.5) is 10.1 Å². The summed E-state index contributed by atoms with van der Waals surface area (Å²) >= 11 is 2.80. The fourth-order valence-corrected chi connectivity index (χ4v) is 4.15.